The van der Waals surface area contributed by atoms with E-state index in [0.29, 0.717) is 16.8 Å². The first-order chi connectivity index (χ1) is 10.6. The van der Waals surface area contributed by atoms with E-state index >= 15 is 0 Å². The van der Waals surface area contributed by atoms with Crippen LogP contribution in [0.5, 0.6) is 0 Å². The Bertz CT molecular complexity index is 655. The van der Waals surface area contributed by atoms with Crippen LogP contribution in [0.2, 0.25) is 0 Å². The summed E-state index contributed by atoms with van der Waals surface area (Å²) in [6, 6.07) is 15.6. The minimum absolute atomic E-state index is 0.202. The molecule has 5 heteroatoms. The van der Waals surface area contributed by atoms with Crippen molar-refractivity contribution in [1.82, 2.24) is 0 Å². The second-order valence-corrected chi connectivity index (χ2v) is 4.70. The molecule has 0 heterocycles. The van der Waals surface area contributed by atoms with Gasteiger partial charge in [-0.2, -0.15) is 0 Å². The lowest BCUT2D eigenvalue weighted by molar-refractivity contribution is -0.142. The Kier molecular flexibility index (Phi) is 5.27. The van der Waals surface area contributed by atoms with Gasteiger partial charge in [0.1, 0.15) is 0 Å². The number of para-hydroxylation sites is 1. The zero-order valence-electron chi connectivity index (χ0n) is 12.2. The third-order valence-corrected chi connectivity index (χ3v) is 3.18. The van der Waals surface area contributed by atoms with Crippen LogP contribution in [-0.4, -0.2) is 24.1 Å². The number of rotatable bonds is 5. The van der Waals surface area contributed by atoms with E-state index in [-0.39, 0.29) is 12.3 Å². The van der Waals surface area contributed by atoms with E-state index in [4.69, 9.17) is 0 Å². The molecule has 2 aromatic rings. The van der Waals surface area contributed by atoms with E-state index in [2.05, 4.69) is 10.1 Å². The van der Waals surface area contributed by atoms with Crippen LogP contribution >= 0.6 is 0 Å². The average molecular weight is 299 g/mol. The molecule has 0 aromatic heterocycles. The fourth-order valence-corrected chi connectivity index (χ4v) is 2.07. The van der Waals surface area contributed by atoms with Gasteiger partial charge in [0, 0.05) is 11.3 Å². The number of aliphatic hydroxyl groups is 1. The molecule has 0 fully saturated rings. The predicted molar refractivity (Wildman–Crippen MR) is 82.4 cm³/mol. The zero-order valence-corrected chi connectivity index (χ0v) is 12.2. The summed E-state index contributed by atoms with van der Waals surface area (Å²) in [6.07, 6.45) is -1.29. The molecule has 0 saturated carbocycles. The minimum atomic E-state index is -1.09. The average Bonchev–Trinajstić information content (AvgIpc) is 2.55. The van der Waals surface area contributed by atoms with Crippen LogP contribution in [0, 0.1) is 0 Å². The number of anilines is 1. The number of carbonyl (C=O) groups excluding carboxylic acids is 2. The molecule has 5 nitrogen and oxygen atoms in total. The molecule has 0 aliphatic carbocycles. The van der Waals surface area contributed by atoms with Gasteiger partial charge in [0.05, 0.1) is 19.6 Å². The van der Waals surface area contributed by atoms with Gasteiger partial charge in [-0.1, -0.05) is 36.4 Å². The summed E-state index contributed by atoms with van der Waals surface area (Å²) in [5.74, 6) is -0.878. The van der Waals surface area contributed by atoms with Gasteiger partial charge in [-0.25, -0.2) is 0 Å². The summed E-state index contributed by atoms with van der Waals surface area (Å²) in [7, 11) is 1.25. The highest BCUT2D eigenvalue weighted by atomic mass is 16.5. The second kappa shape index (κ2) is 7.38. The van der Waals surface area contributed by atoms with E-state index < -0.39 is 12.1 Å². The molecule has 2 N–H and O–H groups in total. The topological polar surface area (TPSA) is 75.6 Å². The lowest BCUT2D eigenvalue weighted by Gasteiger charge is -2.14. The van der Waals surface area contributed by atoms with Crippen molar-refractivity contribution in [3.8, 4) is 0 Å². The number of aliphatic hydroxyl groups excluding tert-OH is 1. The number of esters is 1. The molecule has 2 aromatic carbocycles. The van der Waals surface area contributed by atoms with Gasteiger partial charge in [0.15, 0.2) is 0 Å². The Balaban J connectivity index is 2.20. The molecule has 2 rings (SSSR count). The summed E-state index contributed by atoms with van der Waals surface area (Å²) in [4.78, 5) is 23.6. The van der Waals surface area contributed by atoms with Gasteiger partial charge in [-0.3, -0.25) is 9.59 Å². The molecule has 22 heavy (non-hydrogen) atoms. The molecule has 114 valence electrons. The Labute approximate surface area is 128 Å². The van der Waals surface area contributed by atoms with Gasteiger partial charge >= 0.3 is 5.97 Å². The Morgan fingerprint density at radius 1 is 1.09 bits per heavy atom. The van der Waals surface area contributed by atoms with Crippen LogP contribution in [0.3, 0.4) is 0 Å². The maximum atomic E-state index is 12.4. The van der Waals surface area contributed by atoms with Gasteiger partial charge in [-0.15, -0.1) is 0 Å². The molecule has 0 spiro atoms. The maximum absolute atomic E-state index is 12.4. The number of amides is 1. The predicted octanol–water partition coefficient (Wildman–Crippen LogP) is 2.54. The van der Waals surface area contributed by atoms with E-state index in [9.17, 15) is 14.7 Å². The highest BCUT2D eigenvalue weighted by Crippen LogP contribution is 2.22. The van der Waals surface area contributed by atoms with E-state index in [1.165, 1.54) is 7.11 Å². The maximum Gasteiger partial charge on any atom is 0.308 e. The van der Waals surface area contributed by atoms with Crippen molar-refractivity contribution >= 4 is 17.6 Å². The number of ether oxygens (including phenoxy) is 1. The van der Waals surface area contributed by atoms with Gasteiger partial charge < -0.3 is 15.2 Å². The largest absolute Gasteiger partial charge is 0.469 e. The monoisotopic (exact) mass is 299 g/mol. The molecule has 0 radical (unpaired) electrons. The number of methoxy groups -OCH3 is 1. The molecule has 0 bridgehead atoms. The third-order valence-electron chi connectivity index (χ3n) is 3.18. The summed E-state index contributed by atoms with van der Waals surface area (Å²) in [5.41, 5.74) is 1.37. The molecule has 0 saturated heterocycles. The first kappa shape index (κ1) is 15.7. The first-order valence-corrected chi connectivity index (χ1v) is 6.82. The smallest absolute Gasteiger partial charge is 0.308 e. The second-order valence-electron chi connectivity index (χ2n) is 4.70. The SMILES string of the molecule is COC(=O)CC(O)c1ccccc1C(=O)Nc1ccccc1. The lowest BCUT2D eigenvalue weighted by Crippen LogP contribution is -2.17. The van der Waals surface area contributed by atoms with Gasteiger partial charge in [0.25, 0.3) is 5.91 Å². The summed E-state index contributed by atoms with van der Waals surface area (Å²) < 4.78 is 4.54. The number of benzene rings is 2. The Morgan fingerprint density at radius 2 is 1.73 bits per heavy atom. The standard InChI is InChI=1S/C17H17NO4/c1-22-16(20)11-15(19)13-9-5-6-10-14(13)17(21)18-12-7-3-2-4-8-12/h2-10,15,19H,11H2,1H3,(H,18,21). The fraction of sp³-hybridized carbons (Fsp3) is 0.176. The molecule has 0 aliphatic rings. The van der Waals surface area contributed by atoms with Crippen molar-refractivity contribution in [2.45, 2.75) is 12.5 Å². The van der Waals surface area contributed by atoms with E-state index in [1.54, 1.807) is 36.4 Å². The van der Waals surface area contributed by atoms with Gasteiger partial charge in [0.2, 0.25) is 0 Å². The van der Waals surface area contributed by atoms with Crippen molar-refractivity contribution < 1.29 is 19.4 Å². The van der Waals surface area contributed by atoms with E-state index in [1.807, 2.05) is 18.2 Å². The van der Waals surface area contributed by atoms with Crippen LogP contribution in [0.25, 0.3) is 0 Å². The van der Waals surface area contributed by atoms with Crippen LogP contribution in [-0.2, 0) is 9.53 Å². The Hall–Kier alpha value is -2.66. The van der Waals surface area contributed by atoms with Crippen molar-refractivity contribution in [3.63, 3.8) is 0 Å². The fourth-order valence-electron chi connectivity index (χ4n) is 2.07. The number of hydrogen-bond donors (Lipinski definition) is 2. The van der Waals surface area contributed by atoms with Crippen LogP contribution in [0.4, 0.5) is 5.69 Å². The van der Waals surface area contributed by atoms with Crippen molar-refractivity contribution in [3.05, 3.63) is 65.7 Å². The van der Waals surface area contributed by atoms with Crippen molar-refractivity contribution in [2.75, 3.05) is 12.4 Å². The molecular weight excluding hydrogens is 282 g/mol. The molecular formula is C17H17NO4. The van der Waals surface area contributed by atoms with Crippen LogP contribution < -0.4 is 5.32 Å². The Morgan fingerprint density at radius 3 is 2.41 bits per heavy atom. The lowest BCUT2D eigenvalue weighted by atomic mass is 9.99. The normalized spacial score (nSPS) is 11.5. The molecule has 1 unspecified atom stereocenters. The van der Waals surface area contributed by atoms with Crippen molar-refractivity contribution in [1.29, 1.82) is 0 Å². The molecule has 1 amide bonds. The quantitative estimate of drug-likeness (QED) is 0.832. The summed E-state index contributed by atoms with van der Waals surface area (Å²) in [5, 5.41) is 12.9. The molecule has 1 atom stereocenters. The zero-order chi connectivity index (χ0) is 15.9. The van der Waals surface area contributed by atoms with E-state index in [0.717, 1.165) is 0 Å². The summed E-state index contributed by atoms with van der Waals surface area (Å²) >= 11 is 0. The third kappa shape index (κ3) is 3.93. The van der Waals surface area contributed by atoms with Gasteiger partial charge in [-0.05, 0) is 23.8 Å². The molecule has 0 aliphatic heterocycles. The first-order valence-electron chi connectivity index (χ1n) is 6.82. The van der Waals surface area contributed by atoms with Crippen LogP contribution in [0.15, 0.2) is 54.6 Å². The number of hydrogen-bond acceptors (Lipinski definition) is 4. The highest BCUT2D eigenvalue weighted by Gasteiger charge is 2.20. The summed E-state index contributed by atoms with van der Waals surface area (Å²) in [6.45, 7) is 0. The van der Waals surface area contributed by atoms with Crippen LogP contribution in [0.1, 0.15) is 28.4 Å². The minimum Gasteiger partial charge on any atom is -0.469 e. The number of carbonyl (C=O) groups is 2. The van der Waals surface area contributed by atoms with Crippen molar-refractivity contribution in [2.24, 2.45) is 0 Å². The highest BCUT2D eigenvalue weighted by molar-refractivity contribution is 6.05. The number of nitrogens with one attached hydrogen (secondary N) is 1.